The molecule has 0 aliphatic heterocycles. The largest absolute Gasteiger partial charge is 0.461 e. The Morgan fingerprint density at radius 1 is 0.243 bits per heavy atom. The number of hydrogen-bond acceptors (Lipinski definition) is 15. The molecular formula is C55H70O15. The summed E-state index contributed by atoms with van der Waals surface area (Å²) >= 11 is 0. The molecule has 380 valence electrons. The van der Waals surface area contributed by atoms with Crippen molar-refractivity contribution >= 4 is 63.3 Å². The Labute approximate surface area is 411 Å². The minimum absolute atomic E-state index is 0.0892. The summed E-state index contributed by atoms with van der Waals surface area (Å²) in [6.45, 7) is 20.3. The molecule has 70 heavy (non-hydrogen) atoms. The quantitative estimate of drug-likeness (QED) is 0.0503. The number of rotatable bonds is 23. The Balaban J connectivity index is 2.58. The van der Waals surface area contributed by atoms with Crippen LogP contribution in [-0.2, 0) is 158 Å². The first-order valence-electron chi connectivity index (χ1n) is 24.2. The third-order valence-corrected chi connectivity index (χ3v) is 12.5. The third kappa shape index (κ3) is 12.4. The second kappa shape index (κ2) is 25.4. The molecule has 15 nitrogen and oxygen atoms in total. The van der Waals surface area contributed by atoms with Crippen molar-refractivity contribution in [2.45, 2.75) is 188 Å². The van der Waals surface area contributed by atoms with Crippen LogP contribution in [0.25, 0.3) is 21.5 Å². The van der Waals surface area contributed by atoms with E-state index in [1.165, 1.54) is 76.1 Å². The van der Waals surface area contributed by atoms with Gasteiger partial charge in [-0.05, 0) is 99.9 Å². The predicted molar refractivity (Wildman–Crippen MR) is 262 cm³/mol. The molecule has 0 N–H and O–H groups in total. The van der Waals surface area contributed by atoms with E-state index >= 15 is 0 Å². The summed E-state index contributed by atoms with van der Waals surface area (Å²) in [6, 6.07) is 0. The molecule has 0 radical (unpaired) electrons. The van der Waals surface area contributed by atoms with Crippen LogP contribution in [0.1, 0.15) is 175 Å². The molecule has 4 aromatic carbocycles. The average Bonchev–Trinajstić information content (AvgIpc) is 3.30. The Morgan fingerprint density at radius 2 is 0.457 bits per heavy atom. The lowest BCUT2D eigenvalue weighted by atomic mass is 9.78. The molecule has 4 rings (SSSR count). The van der Waals surface area contributed by atoms with Crippen LogP contribution in [0.5, 0.6) is 11.5 Å². The van der Waals surface area contributed by atoms with Gasteiger partial charge in [0.25, 0.3) is 0 Å². The van der Waals surface area contributed by atoms with Gasteiger partial charge in [-0.2, -0.15) is 0 Å². The van der Waals surface area contributed by atoms with Crippen molar-refractivity contribution in [2.75, 3.05) is 0 Å². The topological polar surface area (TPSA) is 193 Å². The summed E-state index contributed by atoms with van der Waals surface area (Å²) in [7, 11) is 0. The standard InChI is InChI=1S/C55H70O15/c1-15-36-37(16-2)39(18-4)51-42(21-7)54(41(20-6)40(19-5)50(51)38(36)17-3)70-55-48(27-68-34(13)61)47(26-67-33(12)60)52-45(24-65-31(10)58)43(22-63-29(8)56)44(23-64-30(9)57)46(25-66-32(11)59)53(52)49(55)28-69-35(14)62/h15-28H2,1-14H3. The van der Waals surface area contributed by atoms with Crippen LogP contribution in [0.3, 0.4) is 0 Å². The first-order chi connectivity index (χ1) is 33.3. The van der Waals surface area contributed by atoms with Crippen molar-refractivity contribution in [2.24, 2.45) is 0 Å². The molecule has 0 aromatic heterocycles. The predicted octanol–water partition coefficient (Wildman–Crippen LogP) is 10.2. The first kappa shape index (κ1) is 56.1. The normalized spacial score (nSPS) is 11.1. The summed E-state index contributed by atoms with van der Waals surface area (Å²) in [5, 5.41) is 2.80. The highest BCUT2D eigenvalue weighted by Crippen LogP contribution is 2.50. The van der Waals surface area contributed by atoms with Crippen molar-refractivity contribution in [1.82, 2.24) is 0 Å². The highest BCUT2D eigenvalue weighted by Gasteiger charge is 2.34. The molecule has 0 amide bonds. The Hall–Kier alpha value is -6.51. The summed E-state index contributed by atoms with van der Waals surface area (Å²) in [6.07, 6.45) is 5.01. The maximum absolute atomic E-state index is 13.0. The molecule has 0 bridgehead atoms. The number of ether oxygens (including phenoxy) is 8. The third-order valence-electron chi connectivity index (χ3n) is 12.5. The van der Waals surface area contributed by atoms with Crippen molar-refractivity contribution in [1.29, 1.82) is 0 Å². The fourth-order valence-electron chi connectivity index (χ4n) is 9.85. The molecule has 0 unspecified atom stereocenters. The van der Waals surface area contributed by atoms with E-state index in [0.717, 1.165) is 47.8 Å². The van der Waals surface area contributed by atoms with Gasteiger partial charge in [0, 0.05) is 93.0 Å². The maximum atomic E-state index is 13.0. The van der Waals surface area contributed by atoms with E-state index in [-0.39, 0.29) is 55.5 Å². The zero-order valence-electron chi connectivity index (χ0n) is 43.5. The summed E-state index contributed by atoms with van der Waals surface area (Å²) in [5.74, 6) is -4.07. The van der Waals surface area contributed by atoms with Crippen LogP contribution < -0.4 is 4.74 Å². The zero-order chi connectivity index (χ0) is 52.1. The maximum Gasteiger partial charge on any atom is 0.302 e. The molecule has 0 saturated carbocycles. The number of hydrogen-bond donors (Lipinski definition) is 0. The van der Waals surface area contributed by atoms with Crippen molar-refractivity contribution in [3.63, 3.8) is 0 Å². The first-order valence-corrected chi connectivity index (χ1v) is 24.2. The second-order valence-corrected chi connectivity index (χ2v) is 16.9. The Bertz CT molecular complexity index is 2690. The lowest BCUT2D eigenvalue weighted by Gasteiger charge is -2.31. The van der Waals surface area contributed by atoms with E-state index in [4.69, 9.17) is 37.9 Å². The van der Waals surface area contributed by atoms with Gasteiger partial charge in [-0.1, -0.05) is 48.5 Å². The van der Waals surface area contributed by atoms with E-state index in [1.54, 1.807) is 0 Å². The van der Waals surface area contributed by atoms with Crippen LogP contribution in [0.2, 0.25) is 0 Å². The molecule has 0 spiro atoms. The highest BCUT2D eigenvalue weighted by molar-refractivity contribution is 6.01. The number of carbonyl (C=O) groups excluding carboxylic acids is 7. The fraction of sp³-hybridized carbons (Fsp3) is 0.509. The minimum Gasteiger partial charge on any atom is -0.461 e. The molecule has 0 fully saturated rings. The van der Waals surface area contributed by atoms with E-state index < -0.39 is 88.0 Å². The van der Waals surface area contributed by atoms with Crippen LogP contribution in [0, 0.1) is 0 Å². The van der Waals surface area contributed by atoms with E-state index in [0.29, 0.717) is 25.0 Å². The number of carbonyl (C=O) groups is 7. The van der Waals surface area contributed by atoms with Crippen LogP contribution >= 0.6 is 0 Å². The summed E-state index contributed by atoms with van der Waals surface area (Å²) < 4.78 is 47.8. The molecule has 4 aromatic rings. The van der Waals surface area contributed by atoms with Crippen molar-refractivity contribution < 1.29 is 71.5 Å². The van der Waals surface area contributed by atoms with Gasteiger partial charge in [-0.15, -0.1) is 0 Å². The number of aryl methyl sites for hydroxylation is 4. The van der Waals surface area contributed by atoms with Crippen LogP contribution in [0.4, 0.5) is 0 Å². The molecule has 0 atom stereocenters. The van der Waals surface area contributed by atoms with Gasteiger partial charge in [0.05, 0.1) is 0 Å². The van der Waals surface area contributed by atoms with Crippen LogP contribution in [0.15, 0.2) is 0 Å². The van der Waals surface area contributed by atoms with Gasteiger partial charge in [0.15, 0.2) is 0 Å². The highest BCUT2D eigenvalue weighted by atomic mass is 16.6. The monoisotopic (exact) mass is 970 g/mol. The molecule has 0 aliphatic rings. The number of benzene rings is 4. The minimum atomic E-state index is -0.684. The van der Waals surface area contributed by atoms with Gasteiger partial charge in [0.1, 0.15) is 57.7 Å². The lowest BCUT2D eigenvalue weighted by Crippen LogP contribution is -2.19. The molecule has 0 saturated heterocycles. The number of esters is 7. The SMILES string of the molecule is CCc1c(CC)c(CC)c2c(CC)c(Oc3c(COC(C)=O)c(COC(C)=O)c4c(COC(C)=O)c(COC(C)=O)c(COC(C)=O)c(COC(C)=O)c4c3COC(C)=O)c(CC)c(CC)c2c1CC. The van der Waals surface area contributed by atoms with E-state index in [1.807, 2.05) is 0 Å². The molecule has 0 aliphatic carbocycles. The van der Waals surface area contributed by atoms with Crippen molar-refractivity contribution in [3.05, 3.63) is 77.9 Å². The summed E-state index contributed by atoms with van der Waals surface area (Å²) in [5.41, 5.74) is 9.70. The van der Waals surface area contributed by atoms with Gasteiger partial charge in [0.2, 0.25) is 0 Å². The lowest BCUT2D eigenvalue weighted by molar-refractivity contribution is -0.144. The molecule has 0 heterocycles. The molecular weight excluding hydrogens is 901 g/mol. The fourth-order valence-corrected chi connectivity index (χ4v) is 9.85. The van der Waals surface area contributed by atoms with Crippen LogP contribution in [-0.4, -0.2) is 41.8 Å². The summed E-state index contributed by atoms with van der Waals surface area (Å²) in [4.78, 5) is 89.5. The molecule has 15 heteroatoms. The Kier molecular flexibility index (Phi) is 20.3. The van der Waals surface area contributed by atoms with Gasteiger partial charge >= 0.3 is 41.8 Å². The smallest absolute Gasteiger partial charge is 0.302 e. The van der Waals surface area contributed by atoms with Gasteiger partial charge in [-0.25, -0.2) is 0 Å². The number of fused-ring (bicyclic) bond motifs is 2. The second-order valence-electron chi connectivity index (χ2n) is 16.9. The van der Waals surface area contributed by atoms with Crippen molar-refractivity contribution in [3.8, 4) is 11.5 Å². The Morgan fingerprint density at radius 3 is 0.771 bits per heavy atom. The zero-order valence-corrected chi connectivity index (χ0v) is 43.5. The average molecular weight is 971 g/mol. The van der Waals surface area contributed by atoms with Gasteiger partial charge in [-0.3, -0.25) is 33.6 Å². The van der Waals surface area contributed by atoms with E-state index in [2.05, 4.69) is 48.5 Å². The van der Waals surface area contributed by atoms with E-state index in [9.17, 15) is 33.6 Å². The van der Waals surface area contributed by atoms with Gasteiger partial charge < -0.3 is 37.9 Å².